The van der Waals surface area contributed by atoms with Crippen LogP contribution in [-0.4, -0.2) is 31.8 Å². The maximum atomic E-state index is 12.2. The number of carbonyl (C=O) groups excluding carboxylic acids is 1. The minimum atomic E-state index is -3.30. The summed E-state index contributed by atoms with van der Waals surface area (Å²) in [6, 6.07) is 0. The molecular weight excluding hydrogens is 306 g/mol. The number of alkyl halides is 1. The summed E-state index contributed by atoms with van der Waals surface area (Å²) in [5, 5.41) is 0. The molecule has 2 saturated carbocycles. The molecule has 0 unspecified atom stereocenters. The molecule has 2 aliphatic rings. The lowest BCUT2D eigenvalue weighted by Crippen LogP contribution is -2.42. The van der Waals surface area contributed by atoms with Gasteiger partial charge >= 0.3 is 0 Å². The Labute approximate surface area is 111 Å². The molecule has 0 aromatic carbocycles. The zero-order chi connectivity index (χ0) is 13.1. The van der Waals surface area contributed by atoms with Gasteiger partial charge in [-0.1, -0.05) is 29.8 Å². The number of hydrogen-bond donors (Lipinski definition) is 1. The highest BCUT2D eigenvalue weighted by molar-refractivity contribution is 9.10. The van der Waals surface area contributed by atoms with E-state index in [9.17, 15) is 13.2 Å². The van der Waals surface area contributed by atoms with Gasteiger partial charge in [0.05, 0.1) is 10.6 Å². The molecule has 0 spiro atoms. The van der Waals surface area contributed by atoms with Gasteiger partial charge in [0.2, 0.25) is 10.0 Å². The molecular formula is C11H18BrNO3S. The molecule has 2 fully saturated rings. The van der Waals surface area contributed by atoms with Crippen LogP contribution in [0.4, 0.5) is 0 Å². The lowest BCUT2D eigenvalue weighted by Gasteiger charge is -2.35. The van der Waals surface area contributed by atoms with Gasteiger partial charge < -0.3 is 0 Å². The molecule has 17 heavy (non-hydrogen) atoms. The van der Waals surface area contributed by atoms with Gasteiger partial charge in [-0.15, -0.1) is 0 Å². The SMILES string of the molecule is CNS(=O)(=O)C[C@]1(C)[C@H]2CC[C@]1(C)C(=O)[C@H]2Br. The van der Waals surface area contributed by atoms with Crippen LogP contribution in [0.25, 0.3) is 0 Å². The standard InChI is InChI=1S/C11H18BrNO3S/c1-10-5-4-7(8(12)9(10)14)11(10,2)6-17(15,16)13-3/h7-8,13H,4-6H2,1-3H3/t7-,8-,10+,11+/m0/s1. The smallest absolute Gasteiger partial charge is 0.211 e. The van der Waals surface area contributed by atoms with E-state index in [1.54, 1.807) is 0 Å². The lowest BCUT2D eigenvalue weighted by atomic mass is 9.70. The predicted octanol–water partition coefficient (Wildman–Crippen LogP) is 1.30. The van der Waals surface area contributed by atoms with Crippen LogP contribution in [0, 0.1) is 16.7 Å². The van der Waals surface area contributed by atoms with Crippen molar-refractivity contribution in [1.29, 1.82) is 0 Å². The van der Waals surface area contributed by atoms with E-state index in [4.69, 9.17) is 0 Å². The fourth-order valence-electron chi connectivity index (χ4n) is 3.55. The molecule has 2 rings (SSSR count). The monoisotopic (exact) mass is 323 g/mol. The minimum Gasteiger partial charge on any atom is -0.298 e. The highest BCUT2D eigenvalue weighted by Gasteiger charge is 2.68. The average molecular weight is 324 g/mol. The second-order valence-corrected chi connectivity index (χ2v) is 8.54. The van der Waals surface area contributed by atoms with Crippen LogP contribution in [0.5, 0.6) is 0 Å². The van der Waals surface area contributed by atoms with Gasteiger partial charge in [-0.05, 0) is 31.2 Å². The molecule has 0 aromatic heterocycles. The zero-order valence-corrected chi connectivity index (χ0v) is 12.7. The molecule has 4 nitrogen and oxygen atoms in total. The minimum absolute atomic E-state index is 0.0332. The number of Topliss-reactive ketones (excluding diaryl/α,β-unsaturated/α-hetero) is 1. The molecule has 2 aliphatic carbocycles. The molecule has 98 valence electrons. The highest BCUT2D eigenvalue weighted by Crippen LogP contribution is 2.65. The number of sulfonamides is 1. The maximum absolute atomic E-state index is 12.2. The van der Waals surface area contributed by atoms with Gasteiger partial charge in [0.1, 0.15) is 0 Å². The fourth-order valence-corrected chi connectivity index (χ4v) is 6.37. The highest BCUT2D eigenvalue weighted by atomic mass is 79.9. The van der Waals surface area contributed by atoms with Gasteiger partial charge in [0.15, 0.2) is 5.78 Å². The van der Waals surface area contributed by atoms with Crippen LogP contribution in [0.2, 0.25) is 0 Å². The summed E-state index contributed by atoms with van der Waals surface area (Å²) in [5.41, 5.74) is -0.962. The van der Waals surface area contributed by atoms with Crippen molar-refractivity contribution in [2.24, 2.45) is 16.7 Å². The Morgan fingerprint density at radius 3 is 2.47 bits per heavy atom. The molecule has 0 saturated heterocycles. The van der Waals surface area contributed by atoms with Gasteiger partial charge in [-0.2, -0.15) is 0 Å². The van der Waals surface area contributed by atoms with E-state index in [0.717, 1.165) is 12.8 Å². The summed E-state index contributed by atoms with van der Waals surface area (Å²) in [7, 11) is -1.87. The Hall–Kier alpha value is 0.0600. The van der Waals surface area contributed by atoms with Crippen LogP contribution in [0.3, 0.4) is 0 Å². The van der Waals surface area contributed by atoms with Crippen LogP contribution >= 0.6 is 15.9 Å². The normalized spacial score (nSPS) is 45.5. The predicted molar refractivity (Wildman–Crippen MR) is 69.5 cm³/mol. The number of ketones is 1. The van der Waals surface area contributed by atoms with E-state index in [0.29, 0.717) is 0 Å². The van der Waals surface area contributed by atoms with E-state index in [1.807, 2.05) is 13.8 Å². The molecule has 0 heterocycles. The molecule has 1 N–H and O–H groups in total. The first-order valence-corrected chi connectivity index (χ1v) is 8.34. The third-order valence-corrected chi connectivity index (χ3v) is 7.64. The number of carbonyl (C=O) groups is 1. The quantitative estimate of drug-likeness (QED) is 0.796. The van der Waals surface area contributed by atoms with Crippen molar-refractivity contribution in [3.05, 3.63) is 0 Å². The molecule has 2 bridgehead atoms. The van der Waals surface area contributed by atoms with Crippen LogP contribution in [0.1, 0.15) is 26.7 Å². The number of hydrogen-bond acceptors (Lipinski definition) is 3. The Morgan fingerprint density at radius 1 is 1.47 bits per heavy atom. The van der Waals surface area contributed by atoms with E-state index in [1.165, 1.54) is 7.05 Å². The van der Waals surface area contributed by atoms with Gasteiger partial charge in [-0.3, -0.25) is 4.79 Å². The van der Waals surface area contributed by atoms with Crippen LogP contribution < -0.4 is 4.72 Å². The van der Waals surface area contributed by atoms with Crippen molar-refractivity contribution in [3.63, 3.8) is 0 Å². The Bertz CT molecular complexity index is 463. The molecule has 0 radical (unpaired) electrons. The van der Waals surface area contributed by atoms with E-state index in [-0.39, 0.29) is 22.3 Å². The van der Waals surface area contributed by atoms with Gasteiger partial charge in [0, 0.05) is 5.41 Å². The second-order valence-electron chi connectivity index (χ2n) is 5.62. The molecule has 0 aliphatic heterocycles. The maximum Gasteiger partial charge on any atom is 0.211 e. The zero-order valence-electron chi connectivity index (χ0n) is 10.3. The van der Waals surface area contributed by atoms with E-state index < -0.39 is 20.9 Å². The molecule has 0 amide bonds. The Kier molecular flexibility index (Phi) is 3.00. The third kappa shape index (κ3) is 1.64. The van der Waals surface area contributed by atoms with Gasteiger partial charge in [0.25, 0.3) is 0 Å². The first-order chi connectivity index (χ1) is 7.68. The first kappa shape index (κ1) is 13.5. The Balaban J connectivity index is 2.42. The summed E-state index contributed by atoms with van der Waals surface area (Å²) in [6.07, 6.45) is 1.72. The van der Waals surface area contributed by atoms with Crippen molar-refractivity contribution in [2.75, 3.05) is 12.8 Å². The summed E-state index contributed by atoms with van der Waals surface area (Å²) in [4.78, 5) is 12.0. The van der Waals surface area contributed by atoms with Crippen molar-refractivity contribution in [3.8, 4) is 0 Å². The largest absolute Gasteiger partial charge is 0.298 e. The summed E-state index contributed by atoms with van der Waals surface area (Å²) in [5.74, 6) is 0.330. The fraction of sp³-hybridized carbons (Fsp3) is 0.909. The second kappa shape index (κ2) is 3.78. The topological polar surface area (TPSA) is 63.2 Å². The number of rotatable bonds is 3. The van der Waals surface area contributed by atoms with Crippen molar-refractivity contribution in [1.82, 2.24) is 4.72 Å². The van der Waals surface area contributed by atoms with Crippen molar-refractivity contribution < 1.29 is 13.2 Å². The summed E-state index contributed by atoms with van der Waals surface area (Å²) in [6.45, 7) is 3.86. The van der Waals surface area contributed by atoms with Crippen molar-refractivity contribution >= 4 is 31.7 Å². The molecule has 0 aromatic rings. The number of halogens is 1. The average Bonchev–Trinajstić information content (AvgIpc) is 2.55. The van der Waals surface area contributed by atoms with Crippen molar-refractivity contribution in [2.45, 2.75) is 31.5 Å². The Morgan fingerprint density at radius 2 is 2.06 bits per heavy atom. The lowest BCUT2D eigenvalue weighted by molar-refractivity contribution is -0.127. The van der Waals surface area contributed by atoms with E-state index in [2.05, 4.69) is 20.7 Å². The molecule has 6 heteroatoms. The summed E-state index contributed by atoms with van der Waals surface area (Å²) >= 11 is 3.44. The summed E-state index contributed by atoms with van der Waals surface area (Å²) < 4.78 is 25.9. The number of nitrogens with one attached hydrogen (secondary N) is 1. The first-order valence-electron chi connectivity index (χ1n) is 5.77. The van der Waals surface area contributed by atoms with E-state index >= 15 is 0 Å². The van der Waals surface area contributed by atoms with Crippen LogP contribution in [0.15, 0.2) is 0 Å². The number of fused-ring (bicyclic) bond motifs is 2. The van der Waals surface area contributed by atoms with Crippen LogP contribution in [-0.2, 0) is 14.8 Å². The third-order valence-electron chi connectivity index (χ3n) is 4.98. The van der Waals surface area contributed by atoms with Gasteiger partial charge in [-0.25, -0.2) is 13.1 Å². The molecule has 4 atom stereocenters.